The average Bonchev–Trinajstić information content (AvgIpc) is 1.57. The third kappa shape index (κ3) is 27.5. The van der Waals surface area contributed by atoms with Crippen LogP contribution in [0.25, 0.3) is 22.3 Å². The molecule has 127 heavy (non-hydrogen) atoms. The molecule has 0 aliphatic carbocycles. The maximum atomic E-state index is 14.8. The first-order valence-corrected chi connectivity index (χ1v) is 44.3. The zero-order chi connectivity index (χ0) is 92.0. The number of aliphatic imine (C=N–C) groups is 3. The van der Waals surface area contributed by atoms with Crippen molar-refractivity contribution in [3.8, 4) is 17.1 Å². The molecule has 6 aliphatic heterocycles. The van der Waals surface area contributed by atoms with Gasteiger partial charge in [0.05, 0.1) is 54.8 Å². The minimum Gasteiger partial charge on any atom is -0.457 e. The molecule has 4 fully saturated rings. The maximum Gasteiger partial charge on any atom is 0.415 e. The number of hydrogen-bond donors (Lipinski definition) is 15. The molecule has 8 heterocycles. The number of pyridine rings is 2. The van der Waals surface area contributed by atoms with E-state index in [0.29, 0.717) is 99.9 Å². The molecule has 4 saturated heterocycles. The Labute approximate surface area is 738 Å². The van der Waals surface area contributed by atoms with Gasteiger partial charge in [0.25, 0.3) is 5.56 Å². The molecule has 8 unspecified atom stereocenters. The summed E-state index contributed by atoms with van der Waals surface area (Å²) in [5.74, 6) is -7.22. The number of aryl methyl sites for hydroxylation is 1. The van der Waals surface area contributed by atoms with Crippen molar-refractivity contribution >= 4 is 100 Å². The molecule has 43 nitrogen and oxygen atoms in total. The van der Waals surface area contributed by atoms with Crippen LogP contribution in [0.2, 0.25) is 0 Å². The summed E-state index contributed by atoms with van der Waals surface area (Å²) in [5, 5.41) is 22.6. The second-order valence-corrected chi connectivity index (χ2v) is 32.7. The third-order valence-electron chi connectivity index (χ3n) is 23.8. The fraction of sp³-hybridized carbons (Fsp3) is 0.655. The minimum absolute atomic E-state index is 0.0112. The van der Waals surface area contributed by atoms with Crippen molar-refractivity contribution in [2.75, 3.05) is 105 Å². The van der Waals surface area contributed by atoms with Crippen LogP contribution in [-0.2, 0) is 96.8 Å². The highest BCUT2D eigenvalue weighted by atomic mass is 16.6. The number of rotatable bonds is 46. The number of esters is 2. The first-order valence-electron chi connectivity index (χ1n) is 44.3. The lowest BCUT2D eigenvalue weighted by molar-refractivity contribution is -0.189. The number of alkyl carbamates (subject to hydrolysis) is 1. The van der Waals surface area contributed by atoms with E-state index in [9.17, 15) is 62.3 Å². The third-order valence-corrected chi connectivity index (χ3v) is 23.8. The van der Waals surface area contributed by atoms with E-state index in [1.165, 1.54) is 42.9 Å². The van der Waals surface area contributed by atoms with Crippen molar-refractivity contribution in [1.29, 1.82) is 0 Å². The van der Waals surface area contributed by atoms with Gasteiger partial charge in [0.1, 0.15) is 55.2 Å². The Kier molecular flexibility index (Phi) is 37.8. The number of nitrogens with one attached hydrogen (secondary N) is 8. The lowest BCUT2D eigenvalue weighted by atomic mass is 9.85. The lowest BCUT2D eigenvalue weighted by Gasteiger charge is -2.39. The van der Waals surface area contributed by atoms with E-state index in [1.807, 2.05) is 13.8 Å². The van der Waals surface area contributed by atoms with Crippen LogP contribution in [0.4, 0.5) is 9.59 Å². The van der Waals surface area contributed by atoms with Gasteiger partial charge < -0.3 is 135 Å². The molecule has 0 radical (unpaired) electrons. The van der Waals surface area contributed by atoms with Crippen LogP contribution in [-0.4, -0.2) is 284 Å². The molecule has 0 saturated carbocycles. The highest BCUT2D eigenvalue weighted by molar-refractivity contribution is 5.98. The molecule has 3 aromatic rings. The largest absolute Gasteiger partial charge is 0.457 e. The molecule has 0 bridgehead atoms. The fourth-order valence-corrected chi connectivity index (χ4v) is 16.9. The molecule has 43 heteroatoms. The van der Waals surface area contributed by atoms with E-state index >= 15 is 0 Å². The number of hydrogen-bond acceptors (Lipinski definition) is 26. The second kappa shape index (κ2) is 48.4. The first kappa shape index (κ1) is 99.2. The summed E-state index contributed by atoms with van der Waals surface area (Å²) in [5.41, 5.74) is 40.2. The summed E-state index contributed by atoms with van der Waals surface area (Å²) in [7, 11) is 0. The number of nitrogens with zero attached hydrogens (tertiary/aromatic N) is 9. The van der Waals surface area contributed by atoms with Crippen molar-refractivity contribution in [3.63, 3.8) is 0 Å². The molecule has 0 spiro atoms. The predicted molar refractivity (Wildman–Crippen MR) is 468 cm³/mol. The van der Waals surface area contributed by atoms with Gasteiger partial charge in [-0.25, -0.2) is 19.4 Å². The molecular formula is C84H130N24O19. The predicted octanol–water partition coefficient (Wildman–Crippen LogP) is -1.42. The molecule has 9 rings (SSSR count). The normalized spacial score (nSPS) is 18.9. The number of amides is 10. The summed E-state index contributed by atoms with van der Waals surface area (Å²) >= 11 is 0. The molecule has 10 amide bonds. The van der Waals surface area contributed by atoms with Crippen molar-refractivity contribution in [3.05, 3.63) is 56.9 Å². The van der Waals surface area contributed by atoms with Crippen LogP contribution >= 0.6 is 0 Å². The summed E-state index contributed by atoms with van der Waals surface area (Å²) in [6.07, 6.45) is 7.64. The summed E-state index contributed by atoms with van der Waals surface area (Å²) in [6, 6.07) is -2.36. The second-order valence-electron chi connectivity index (χ2n) is 32.7. The number of benzene rings is 1. The quantitative estimate of drug-likeness (QED) is 0.00603. The van der Waals surface area contributed by atoms with Crippen LogP contribution in [0, 0.1) is 0 Å². The van der Waals surface area contributed by atoms with E-state index in [2.05, 4.69) is 62.4 Å². The van der Waals surface area contributed by atoms with E-state index in [1.54, 1.807) is 47.6 Å². The number of nitrogens with two attached hydrogens (primary N) is 7. The van der Waals surface area contributed by atoms with Crippen LogP contribution in [0.1, 0.15) is 186 Å². The molecule has 1 aromatic carbocycles. The zero-order valence-corrected chi connectivity index (χ0v) is 73.8. The Morgan fingerprint density at radius 1 is 0.638 bits per heavy atom. The van der Waals surface area contributed by atoms with Gasteiger partial charge >= 0.3 is 24.1 Å². The highest BCUT2D eigenvalue weighted by Gasteiger charge is 2.51. The van der Waals surface area contributed by atoms with Gasteiger partial charge in [-0.15, -0.1) is 0 Å². The lowest BCUT2D eigenvalue weighted by Crippen LogP contribution is -2.59. The molecule has 22 N–H and O–H groups in total. The number of ether oxygens (including phenoxy) is 6. The number of carbonyl (C=O) groups excluding carboxylic acids is 12. The Morgan fingerprint density at radius 3 is 1.86 bits per heavy atom. The summed E-state index contributed by atoms with van der Waals surface area (Å²) in [4.78, 5) is 205. The van der Waals surface area contributed by atoms with Gasteiger partial charge in [0.15, 0.2) is 24.6 Å². The number of fused-ring (bicyclic) bond motifs is 5. The van der Waals surface area contributed by atoms with Crippen LogP contribution < -0.4 is 93.0 Å². The SMILES string of the molecule is CCOCCOCC(=O)NCCCC[C@H](NC(=O)OCNC(=O)C(CCCN=C(N)N)NC(=O)C(C)NC(=O)C1CCCN1C(=O)C(CCCN=C(N)N)NC(=O)C(C)NC(=O)C1CCCN1C(=O)C(N)CCCN=C(N)N)C(C)NCC(=O)O[C@]1(CC)C(=O)OCc2c1cc1n(c2=O)Cc2c-1nc1ccc(OC(=O)N3CCC(N4CCCCC4)CC3)cc1c2CC. The van der Waals surface area contributed by atoms with E-state index in [-0.39, 0.29) is 145 Å². The van der Waals surface area contributed by atoms with E-state index < -0.39 is 151 Å². The molecule has 6 aliphatic rings. The Hall–Kier alpha value is -11.6. The number of cyclic esters (lactones) is 1. The Bertz CT molecular complexity index is 4520. The van der Waals surface area contributed by atoms with Crippen molar-refractivity contribution < 1.29 is 86.0 Å². The first-order chi connectivity index (χ1) is 60.9. The van der Waals surface area contributed by atoms with Gasteiger partial charge in [0, 0.05) is 93.6 Å². The molecule has 10 atom stereocenters. The molecule has 700 valence electrons. The van der Waals surface area contributed by atoms with Crippen molar-refractivity contribution in [2.45, 2.75) is 249 Å². The van der Waals surface area contributed by atoms with Gasteiger partial charge in [-0.3, -0.25) is 62.9 Å². The average molecular weight is 1780 g/mol. The highest BCUT2D eigenvalue weighted by Crippen LogP contribution is 2.43. The Morgan fingerprint density at radius 2 is 1.24 bits per heavy atom. The topological polar surface area (TPSA) is 624 Å². The van der Waals surface area contributed by atoms with Gasteiger partial charge in [0.2, 0.25) is 52.9 Å². The smallest absolute Gasteiger partial charge is 0.415 e. The van der Waals surface area contributed by atoms with Gasteiger partial charge in [-0.2, -0.15) is 0 Å². The maximum absolute atomic E-state index is 14.8. The van der Waals surface area contributed by atoms with E-state index in [0.717, 1.165) is 42.4 Å². The molecular weight excluding hydrogens is 1650 g/mol. The number of likely N-dealkylation sites (tertiary alicyclic amines) is 4. The van der Waals surface area contributed by atoms with Crippen molar-refractivity contribution in [2.24, 2.45) is 55.1 Å². The van der Waals surface area contributed by atoms with Crippen LogP contribution in [0.3, 0.4) is 0 Å². The Balaban J connectivity index is 0.813. The number of unbranched alkanes of at least 4 members (excludes halogenated alkanes) is 1. The molecule has 2 aromatic heterocycles. The zero-order valence-electron chi connectivity index (χ0n) is 73.8. The summed E-state index contributed by atoms with van der Waals surface area (Å²) < 4.78 is 35.6. The number of piperidine rings is 2. The van der Waals surface area contributed by atoms with Gasteiger partial charge in [-0.1, -0.05) is 20.3 Å². The fourth-order valence-electron chi connectivity index (χ4n) is 16.9. The number of aromatic nitrogens is 2. The van der Waals surface area contributed by atoms with Crippen molar-refractivity contribution in [1.82, 2.24) is 71.7 Å². The minimum atomic E-state index is -2.09. The monoisotopic (exact) mass is 1780 g/mol. The van der Waals surface area contributed by atoms with Gasteiger partial charge in [-0.05, 0) is 193 Å². The number of carbonyl (C=O) groups is 12. The number of guanidine groups is 3. The standard InChI is InChI=1S/C84H130N24O19/c1-7-54-55-42-53(126-83(121)105-38-28-52(29-39-105)104-34-13-10-14-35-104)26-27-61(55)100-69-56(54)45-108-66(69)43-58-57(75(108)116)46-124-78(119)84(58,8-2)127-68(110)44-96-49(4)60(21-11-12-30-92-67(109)47-123-41-40-122-9-3)103-82(120)125-48-97-72(113)62(22-16-32-94-80(88)89)101-70(111)50(5)98-74(115)65-25-19-37-107(65)77(118)63(23-17-33-95-81(90)91)102-71(112)51(6)99-73(114)64-24-18-36-106(64)76(117)59(85)20-15-31-93-79(86)87/h26-27,42-43,49-52,59-60,62-65,96H,7-25,28-41,44-48,85H2,1-6H3,(H,92,109)(H,97,113)(H,98,115)(H,99,114)(H,101,111)(H,102,112)(H,103,120)(H4,86,87,93)(H4,88,89,94)(H4,90,91,95)/t49?,50?,51?,59?,60-,62?,63?,64?,65?,84-/m0/s1. The van der Waals surface area contributed by atoms with E-state index in [4.69, 9.17) is 73.5 Å². The van der Waals surface area contributed by atoms with Crippen LogP contribution in [0.5, 0.6) is 5.75 Å². The summed E-state index contributed by atoms with van der Waals surface area (Å²) in [6.45, 7) is 13.5. The van der Waals surface area contributed by atoms with Crippen LogP contribution in [0.15, 0.2) is 44.0 Å².